The molecule has 1 fully saturated rings. The molecule has 3 nitrogen and oxygen atoms in total. The fourth-order valence-electron chi connectivity index (χ4n) is 2.77. The van der Waals surface area contributed by atoms with Gasteiger partial charge in [0.1, 0.15) is 0 Å². The summed E-state index contributed by atoms with van der Waals surface area (Å²) in [5.74, 6) is 0.00112. The maximum atomic E-state index is 12.4. The van der Waals surface area contributed by atoms with Crippen molar-refractivity contribution in [2.45, 2.75) is 57.5 Å². The van der Waals surface area contributed by atoms with Crippen LogP contribution in [0.15, 0.2) is 24.3 Å². The van der Waals surface area contributed by atoms with Crippen LogP contribution in [0.2, 0.25) is 0 Å². The molecule has 3 N–H and O–H groups in total. The zero-order valence-corrected chi connectivity index (χ0v) is 11.9. The quantitative estimate of drug-likeness (QED) is 0.878. The molecule has 2 rings (SSSR count). The van der Waals surface area contributed by atoms with E-state index in [-0.39, 0.29) is 11.9 Å². The minimum absolute atomic E-state index is 0.00112. The van der Waals surface area contributed by atoms with Crippen LogP contribution in [0.4, 0.5) is 0 Å². The van der Waals surface area contributed by atoms with Crippen molar-refractivity contribution in [3.05, 3.63) is 35.4 Å². The van der Waals surface area contributed by atoms with Crippen LogP contribution in [-0.2, 0) is 4.79 Å². The van der Waals surface area contributed by atoms with Gasteiger partial charge in [-0.15, -0.1) is 0 Å². The third kappa shape index (κ3) is 3.35. The Morgan fingerprint density at radius 3 is 2.63 bits per heavy atom. The standard InChI is InChI=1S/C16H24N2O/c1-12-7-6-8-14(11-12)13(2)18-15(19)16(17)9-4-3-5-10-16/h6-8,11,13H,3-5,9-10,17H2,1-2H3,(H,18,19)/t13-/m0/s1. The smallest absolute Gasteiger partial charge is 0.240 e. The zero-order valence-electron chi connectivity index (χ0n) is 11.9. The molecule has 0 saturated heterocycles. The van der Waals surface area contributed by atoms with Crippen molar-refractivity contribution in [1.29, 1.82) is 0 Å². The van der Waals surface area contributed by atoms with Crippen LogP contribution in [0.5, 0.6) is 0 Å². The summed E-state index contributed by atoms with van der Waals surface area (Å²) in [7, 11) is 0. The first-order valence-corrected chi connectivity index (χ1v) is 7.18. The van der Waals surface area contributed by atoms with Crippen molar-refractivity contribution in [3.8, 4) is 0 Å². The molecule has 0 bridgehead atoms. The molecular weight excluding hydrogens is 236 g/mol. The highest BCUT2D eigenvalue weighted by Gasteiger charge is 2.35. The maximum Gasteiger partial charge on any atom is 0.240 e. The molecule has 0 unspecified atom stereocenters. The van der Waals surface area contributed by atoms with Gasteiger partial charge in [0, 0.05) is 0 Å². The molecule has 3 heteroatoms. The van der Waals surface area contributed by atoms with Crippen LogP contribution in [0.1, 0.15) is 56.2 Å². The van der Waals surface area contributed by atoms with Crippen LogP contribution in [0.25, 0.3) is 0 Å². The van der Waals surface area contributed by atoms with Crippen LogP contribution in [0.3, 0.4) is 0 Å². The van der Waals surface area contributed by atoms with Gasteiger partial charge in [0.2, 0.25) is 5.91 Å². The van der Waals surface area contributed by atoms with E-state index in [9.17, 15) is 4.79 Å². The van der Waals surface area contributed by atoms with Gasteiger partial charge in [-0.3, -0.25) is 4.79 Å². The molecular formula is C16H24N2O. The minimum atomic E-state index is -0.656. The number of rotatable bonds is 3. The Morgan fingerprint density at radius 1 is 1.32 bits per heavy atom. The maximum absolute atomic E-state index is 12.4. The average molecular weight is 260 g/mol. The number of carbonyl (C=O) groups excluding carboxylic acids is 1. The Kier molecular flexibility index (Phi) is 4.25. The molecule has 0 aromatic heterocycles. The van der Waals surface area contributed by atoms with E-state index in [0.29, 0.717) is 0 Å². The second-order valence-electron chi connectivity index (χ2n) is 5.83. The number of benzene rings is 1. The van der Waals surface area contributed by atoms with Gasteiger partial charge in [-0.2, -0.15) is 0 Å². The van der Waals surface area contributed by atoms with Crippen LogP contribution >= 0.6 is 0 Å². The molecule has 1 aliphatic rings. The topological polar surface area (TPSA) is 55.1 Å². The summed E-state index contributed by atoms with van der Waals surface area (Å²) in [6, 6.07) is 8.24. The predicted molar refractivity (Wildman–Crippen MR) is 77.7 cm³/mol. The van der Waals surface area contributed by atoms with E-state index < -0.39 is 5.54 Å². The molecule has 1 aromatic rings. The molecule has 19 heavy (non-hydrogen) atoms. The summed E-state index contributed by atoms with van der Waals surface area (Å²) in [4.78, 5) is 12.4. The summed E-state index contributed by atoms with van der Waals surface area (Å²) < 4.78 is 0. The van der Waals surface area contributed by atoms with Crippen molar-refractivity contribution in [2.75, 3.05) is 0 Å². The second kappa shape index (κ2) is 5.74. The Labute approximate surface area is 115 Å². The lowest BCUT2D eigenvalue weighted by atomic mass is 9.81. The molecule has 1 amide bonds. The third-order valence-corrected chi connectivity index (χ3v) is 4.09. The van der Waals surface area contributed by atoms with Gasteiger partial charge in [0.05, 0.1) is 11.6 Å². The lowest BCUT2D eigenvalue weighted by Crippen LogP contribution is -2.55. The summed E-state index contributed by atoms with van der Waals surface area (Å²) in [5, 5.41) is 3.07. The summed E-state index contributed by atoms with van der Waals surface area (Å²) in [6.07, 6.45) is 4.92. The Balaban J connectivity index is 2.02. The van der Waals surface area contributed by atoms with Gasteiger partial charge in [-0.25, -0.2) is 0 Å². The molecule has 0 spiro atoms. The monoisotopic (exact) mass is 260 g/mol. The van der Waals surface area contributed by atoms with Crippen molar-refractivity contribution >= 4 is 5.91 Å². The van der Waals surface area contributed by atoms with E-state index in [2.05, 4.69) is 24.4 Å². The van der Waals surface area contributed by atoms with E-state index in [1.54, 1.807) is 0 Å². The van der Waals surface area contributed by atoms with Crippen LogP contribution in [0, 0.1) is 6.92 Å². The first-order chi connectivity index (χ1) is 9.01. The lowest BCUT2D eigenvalue weighted by Gasteiger charge is -2.33. The molecule has 0 aliphatic heterocycles. The fourth-order valence-corrected chi connectivity index (χ4v) is 2.77. The van der Waals surface area contributed by atoms with Crippen molar-refractivity contribution < 1.29 is 4.79 Å². The number of amides is 1. The van der Waals surface area contributed by atoms with Gasteiger partial charge in [-0.05, 0) is 32.3 Å². The van der Waals surface area contributed by atoms with Gasteiger partial charge >= 0.3 is 0 Å². The van der Waals surface area contributed by atoms with Gasteiger partial charge in [-0.1, -0.05) is 49.1 Å². The van der Waals surface area contributed by atoms with E-state index in [1.165, 1.54) is 12.0 Å². The highest BCUT2D eigenvalue weighted by molar-refractivity contribution is 5.86. The van der Waals surface area contributed by atoms with Crippen molar-refractivity contribution in [1.82, 2.24) is 5.32 Å². The van der Waals surface area contributed by atoms with Gasteiger partial charge in [0.15, 0.2) is 0 Å². The summed E-state index contributed by atoms with van der Waals surface area (Å²) in [5.41, 5.74) is 7.93. The minimum Gasteiger partial charge on any atom is -0.348 e. The van der Waals surface area contributed by atoms with Crippen LogP contribution < -0.4 is 11.1 Å². The third-order valence-electron chi connectivity index (χ3n) is 4.09. The second-order valence-corrected chi connectivity index (χ2v) is 5.83. The predicted octanol–water partition coefficient (Wildman–Crippen LogP) is 2.83. The SMILES string of the molecule is Cc1cccc([C@H](C)NC(=O)C2(N)CCCCC2)c1. The Hall–Kier alpha value is -1.35. The molecule has 1 saturated carbocycles. The first kappa shape index (κ1) is 14.1. The average Bonchev–Trinajstić information content (AvgIpc) is 2.39. The first-order valence-electron chi connectivity index (χ1n) is 7.18. The van der Waals surface area contributed by atoms with E-state index in [4.69, 9.17) is 5.73 Å². The van der Waals surface area contributed by atoms with Crippen molar-refractivity contribution in [2.24, 2.45) is 5.73 Å². The fraction of sp³-hybridized carbons (Fsp3) is 0.562. The number of nitrogens with two attached hydrogens (primary N) is 1. The highest BCUT2D eigenvalue weighted by atomic mass is 16.2. The Morgan fingerprint density at radius 2 is 2.00 bits per heavy atom. The summed E-state index contributed by atoms with van der Waals surface area (Å²) in [6.45, 7) is 4.07. The number of carbonyl (C=O) groups is 1. The summed E-state index contributed by atoms with van der Waals surface area (Å²) >= 11 is 0. The molecule has 1 aliphatic carbocycles. The number of hydrogen-bond donors (Lipinski definition) is 2. The molecule has 1 atom stereocenters. The Bertz CT molecular complexity index is 450. The van der Waals surface area contributed by atoms with Gasteiger partial charge < -0.3 is 11.1 Å². The molecule has 104 valence electrons. The number of hydrogen-bond acceptors (Lipinski definition) is 2. The van der Waals surface area contributed by atoms with Crippen molar-refractivity contribution in [3.63, 3.8) is 0 Å². The highest BCUT2D eigenvalue weighted by Crippen LogP contribution is 2.27. The number of aryl methyl sites for hydroxylation is 1. The van der Waals surface area contributed by atoms with Gasteiger partial charge in [0.25, 0.3) is 0 Å². The number of nitrogens with one attached hydrogen (secondary N) is 1. The molecule has 1 aromatic carbocycles. The molecule has 0 heterocycles. The van der Waals surface area contributed by atoms with Crippen LogP contribution in [-0.4, -0.2) is 11.4 Å². The lowest BCUT2D eigenvalue weighted by molar-refractivity contribution is -0.128. The zero-order chi connectivity index (χ0) is 13.9. The van der Waals surface area contributed by atoms with E-state index in [0.717, 1.165) is 31.2 Å². The van der Waals surface area contributed by atoms with E-state index in [1.807, 2.05) is 19.1 Å². The van der Waals surface area contributed by atoms with E-state index >= 15 is 0 Å². The molecule has 0 radical (unpaired) electrons. The normalized spacial score (nSPS) is 19.7. The largest absolute Gasteiger partial charge is 0.348 e.